The number of aryl methyl sites for hydroxylation is 1. The molecule has 2 rings (SSSR count). The number of aromatic nitrogens is 1. The van der Waals surface area contributed by atoms with Gasteiger partial charge in [-0.05, 0) is 6.92 Å². The number of β-amino-alcohol motifs (C(OH)–C–C–N with tert-alkyl or cyclic N) is 1. The molecule has 2 amide bonds. The van der Waals surface area contributed by atoms with Gasteiger partial charge in [0.1, 0.15) is 6.04 Å². The largest absolute Gasteiger partial charge is 0.480 e. The molecule has 7 nitrogen and oxygen atoms in total. The van der Waals surface area contributed by atoms with Crippen molar-refractivity contribution < 1.29 is 19.8 Å². The Balaban J connectivity index is 2.06. The van der Waals surface area contributed by atoms with E-state index < -0.39 is 18.1 Å². The van der Waals surface area contributed by atoms with Gasteiger partial charge in [-0.15, -0.1) is 11.3 Å². The smallest absolute Gasteiger partial charge is 0.326 e. The molecule has 1 unspecified atom stereocenters. The first kappa shape index (κ1) is 14.7. The summed E-state index contributed by atoms with van der Waals surface area (Å²) in [6.07, 6.45) is -0.701. The van der Waals surface area contributed by atoms with E-state index in [4.69, 9.17) is 5.11 Å². The van der Waals surface area contributed by atoms with Crippen LogP contribution in [0.4, 0.5) is 4.79 Å². The van der Waals surface area contributed by atoms with E-state index in [2.05, 4.69) is 4.98 Å². The van der Waals surface area contributed by atoms with Crippen LogP contribution in [-0.4, -0.2) is 62.7 Å². The Hall–Kier alpha value is -1.67. The van der Waals surface area contributed by atoms with E-state index in [0.717, 1.165) is 10.6 Å². The lowest BCUT2D eigenvalue weighted by molar-refractivity contribution is -0.141. The maximum Gasteiger partial charge on any atom is 0.326 e. The predicted molar refractivity (Wildman–Crippen MR) is 72.5 cm³/mol. The molecule has 0 saturated carbocycles. The highest BCUT2D eigenvalue weighted by Gasteiger charge is 2.40. The number of aliphatic hydroxyl groups excluding tert-OH is 1. The second-order valence-electron chi connectivity index (χ2n) is 4.90. The van der Waals surface area contributed by atoms with E-state index in [1.165, 1.54) is 21.1 Å². The predicted octanol–water partition coefficient (Wildman–Crippen LogP) is 0.523. The van der Waals surface area contributed by atoms with Gasteiger partial charge in [0, 0.05) is 24.9 Å². The van der Waals surface area contributed by atoms with Gasteiger partial charge in [0.25, 0.3) is 0 Å². The summed E-state index contributed by atoms with van der Waals surface area (Å²) < 4.78 is 0. The number of hydrogen-bond donors (Lipinski definition) is 2. The monoisotopic (exact) mass is 299 g/mol. The van der Waals surface area contributed by atoms with E-state index in [1.54, 1.807) is 12.6 Å². The van der Waals surface area contributed by atoms with Crippen molar-refractivity contribution in [3.05, 3.63) is 16.1 Å². The Morgan fingerprint density at radius 3 is 2.85 bits per heavy atom. The first-order valence-corrected chi connectivity index (χ1v) is 7.09. The summed E-state index contributed by atoms with van der Waals surface area (Å²) in [4.78, 5) is 31.2. The first-order valence-electron chi connectivity index (χ1n) is 6.21. The molecule has 0 bridgehead atoms. The molecule has 0 spiro atoms. The summed E-state index contributed by atoms with van der Waals surface area (Å²) in [6, 6.07) is -1.34. The standard InChI is InChI=1S/C12H17N3O4S/c1-7-10(20-6-13-7)5-14(2)12(19)15-4-8(16)3-9(15)11(17)18/h6,8-9,16H,3-5H2,1-2H3,(H,17,18)/t8?,9-/m0/s1. The highest BCUT2D eigenvalue weighted by Crippen LogP contribution is 2.21. The van der Waals surface area contributed by atoms with Crippen molar-refractivity contribution >= 4 is 23.3 Å². The third-order valence-corrected chi connectivity index (χ3v) is 4.28. The molecule has 1 aromatic rings. The summed E-state index contributed by atoms with van der Waals surface area (Å²) in [5, 5.41) is 18.7. The normalized spacial score (nSPS) is 22.1. The van der Waals surface area contributed by atoms with Gasteiger partial charge in [-0.25, -0.2) is 14.6 Å². The molecule has 1 saturated heterocycles. The number of aliphatic carboxylic acids is 1. The quantitative estimate of drug-likeness (QED) is 0.849. The van der Waals surface area contributed by atoms with Crippen molar-refractivity contribution in [3.63, 3.8) is 0 Å². The minimum Gasteiger partial charge on any atom is -0.480 e. The number of rotatable bonds is 3. The highest BCUT2D eigenvalue weighted by atomic mass is 32.1. The number of thiazole rings is 1. The Morgan fingerprint density at radius 2 is 2.30 bits per heavy atom. The fourth-order valence-electron chi connectivity index (χ4n) is 2.24. The average molecular weight is 299 g/mol. The lowest BCUT2D eigenvalue weighted by Gasteiger charge is -2.27. The number of urea groups is 1. The lowest BCUT2D eigenvalue weighted by Crippen LogP contribution is -2.46. The van der Waals surface area contributed by atoms with Gasteiger partial charge in [-0.3, -0.25) is 0 Å². The molecule has 0 aromatic carbocycles. The summed E-state index contributed by atoms with van der Waals surface area (Å²) >= 11 is 1.46. The maximum atomic E-state index is 12.3. The molecule has 8 heteroatoms. The molecule has 1 aliphatic heterocycles. The molecule has 2 heterocycles. The molecule has 1 aromatic heterocycles. The second-order valence-corrected chi connectivity index (χ2v) is 5.83. The number of carboxylic acids is 1. The van der Waals surface area contributed by atoms with E-state index in [9.17, 15) is 14.7 Å². The van der Waals surface area contributed by atoms with Crippen LogP contribution in [0, 0.1) is 6.92 Å². The first-order chi connectivity index (χ1) is 9.40. The molecular weight excluding hydrogens is 282 g/mol. The second kappa shape index (κ2) is 5.76. The minimum atomic E-state index is -1.09. The van der Waals surface area contributed by atoms with Crippen LogP contribution < -0.4 is 0 Å². The third-order valence-electron chi connectivity index (χ3n) is 3.36. The fraction of sp³-hybridized carbons (Fsp3) is 0.583. The Labute approximate surface area is 120 Å². The van der Waals surface area contributed by atoms with Gasteiger partial charge in [0.15, 0.2) is 0 Å². The van der Waals surface area contributed by atoms with E-state index >= 15 is 0 Å². The van der Waals surface area contributed by atoms with Gasteiger partial charge in [-0.1, -0.05) is 0 Å². The van der Waals surface area contributed by atoms with Crippen LogP contribution in [-0.2, 0) is 11.3 Å². The maximum absolute atomic E-state index is 12.3. The van der Waals surface area contributed by atoms with Crippen molar-refractivity contribution in [2.75, 3.05) is 13.6 Å². The van der Waals surface area contributed by atoms with Crippen molar-refractivity contribution in [2.45, 2.75) is 32.0 Å². The van der Waals surface area contributed by atoms with Crippen LogP contribution in [0.3, 0.4) is 0 Å². The van der Waals surface area contributed by atoms with Crippen LogP contribution in [0.25, 0.3) is 0 Å². The van der Waals surface area contributed by atoms with Crippen LogP contribution in [0.1, 0.15) is 17.0 Å². The van der Waals surface area contributed by atoms with Gasteiger partial charge < -0.3 is 20.0 Å². The molecule has 1 fully saturated rings. The SMILES string of the molecule is Cc1ncsc1CN(C)C(=O)N1CC(O)C[C@H]1C(=O)O. The topological polar surface area (TPSA) is 94.0 Å². The van der Waals surface area contributed by atoms with E-state index in [1.807, 2.05) is 6.92 Å². The Bertz CT molecular complexity index is 519. The number of nitrogens with zero attached hydrogens (tertiary/aromatic N) is 3. The number of likely N-dealkylation sites (tertiary alicyclic amines) is 1. The highest BCUT2D eigenvalue weighted by molar-refractivity contribution is 7.09. The number of carbonyl (C=O) groups is 2. The van der Waals surface area contributed by atoms with Crippen molar-refractivity contribution in [3.8, 4) is 0 Å². The summed E-state index contributed by atoms with van der Waals surface area (Å²) in [7, 11) is 1.62. The third kappa shape index (κ3) is 2.91. The molecule has 0 radical (unpaired) electrons. The molecule has 2 atom stereocenters. The number of carbonyl (C=O) groups excluding carboxylic acids is 1. The summed E-state index contributed by atoms with van der Waals surface area (Å²) in [5.41, 5.74) is 2.58. The molecule has 2 N–H and O–H groups in total. The summed E-state index contributed by atoms with van der Waals surface area (Å²) in [6.45, 7) is 2.31. The van der Waals surface area contributed by atoms with Gasteiger partial charge in [0.2, 0.25) is 0 Å². The van der Waals surface area contributed by atoms with E-state index in [-0.39, 0.29) is 19.0 Å². The van der Waals surface area contributed by atoms with Crippen LogP contribution in [0.15, 0.2) is 5.51 Å². The zero-order chi connectivity index (χ0) is 14.9. The molecule has 0 aliphatic carbocycles. The molecule has 1 aliphatic rings. The minimum absolute atomic E-state index is 0.0574. The van der Waals surface area contributed by atoms with Crippen molar-refractivity contribution in [2.24, 2.45) is 0 Å². The Kier molecular flexibility index (Phi) is 4.24. The number of carboxylic acid groups (broad SMARTS) is 1. The average Bonchev–Trinajstić information content (AvgIpc) is 2.95. The van der Waals surface area contributed by atoms with Crippen molar-refractivity contribution in [1.82, 2.24) is 14.8 Å². The van der Waals surface area contributed by atoms with Crippen LogP contribution >= 0.6 is 11.3 Å². The van der Waals surface area contributed by atoms with Gasteiger partial charge >= 0.3 is 12.0 Å². The lowest BCUT2D eigenvalue weighted by atomic mass is 10.2. The number of amides is 2. The zero-order valence-electron chi connectivity index (χ0n) is 11.3. The molecule has 110 valence electrons. The van der Waals surface area contributed by atoms with Crippen LogP contribution in [0.5, 0.6) is 0 Å². The summed E-state index contributed by atoms with van der Waals surface area (Å²) in [5.74, 6) is -1.09. The molecule has 20 heavy (non-hydrogen) atoms. The van der Waals surface area contributed by atoms with Gasteiger partial charge in [-0.2, -0.15) is 0 Å². The fourth-order valence-corrected chi connectivity index (χ4v) is 3.07. The van der Waals surface area contributed by atoms with Gasteiger partial charge in [0.05, 0.1) is 23.9 Å². The number of aliphatic hydroxyl groups is 1. The van der Waals surface area contributed by atoms with Crippen LogP contribution in [0.2, 0.25) is 0 Å². The van der Waals surface area contributed by atoms with Crippen molar-refractivity contribution in [1.29, 1.82) is 0 Å². The Morgan fingerprint density at radius 1 is 1.60 bits per heavy atom. The van der Waals surface area contributed by atoms with E-state index in [0.29, 0.717) is 6.54 Å². The molecular formula is C12H17N3O4S. The zero-order valence-corrected chi connectivity index (χ0v) is 12.1. The number of hydrogen-bond acceptors (Lipinski definition) is 5.